The van der Waals surface area contributed by atoms with Gasteiger partial charge in [-0.15, -0.1) is 0 Å². The molecule has 1 N–H and O–H groups in total. The summed E-state index contributed by atoms with van der Waals surface area (Å²) in [6.07, 6.45) is 2.76. The maximum absolute atomic E-state index is 12.5. The lowest BCUT2D eigenvalue weighted by Gasteiger charge is -2.36. The number of methoxy groups -OCH3 is 1. The van der Waals surface area contributed by atoms with Crippen LogP contribution in [0.2, 0.25) is 0 Å². The summed E-state index contributed by atoms with van der Waals surface area (Å²) in [6.45, 7) is 3.62. The van der Waals surface area contributed by atoms with Crippen molar-refractivity contribution in [1.29, 1.82) is 0 Å². The molecule has 1 fully saturated rings. The number of anilines is 1. The Morgan fingerprint density at radius 2 is 2.37 bits per heavy atom. The zero-order chi connectivity index (χ0) is 13.8. The van der Waals surface area contributed by atoms with Gasteiger partial charge < -0.3 is 15.0 Å². The van der Waals surface area contributed by atoms with Crippen LogP contribution < -0.4 is 5.32 Å². The highest BCUT2D eigenvalue weighted by molar-refractivity contribution is 5.94. The third-order valence-electron chi connectivity index (χ3n) is 3.74. The molecule has 1 amide bonds. The van der Waals surface area contributed by atoms with E-state index in [0.717, 1.165) is 13.0 Å². The largest absolute Gasteiger partial charge is 0.379 e. The molecule has 1 saturated heterocycles. The quantitative estimate of drug-likeness (QED) is 0.900. The third kappa shape index (κ3) is 3.04. The molecule has 1 aromatic heterocycles. The fourth-order valence-electron chi connectivity index (χ4n) is 2.41. The molecule has 2 rings (SSSR count). The number of aromatic nitrogens is 1. The van der Waals surface area contributed by atoms with E-state index < -0.39 is 0 Å². The van der Waals surface area contributed by atoms with Gasteiger partial charge in [-0.05, 0) is 24.5 Å². The predicted molar refractivity (Wildman–Crippen MR) is 74.3 cm³/mol. The molecule has 2 unspecified atom stereocenters. The van der Waals surface area contributed by atoms with E-state index in [1.54, 1.807) is 32.5 Å². The van der Waals surface area contributed by atoms with Gasteiger partial charge in [0.25, 0.3) is 5.91 Å². The third-order valence-corrected chi connectivity index (χ3v) is 3.74. The van der Waals surface area contributed by atoms with E-state index >= 15 is 0 Å². The molecule has 1 aliphatic rings. The van der Waals surface area contributed by atoms with Crippen molar-refractivity contribution in [3.63, 3.8) is 0 Å². The molecule has 0 spiro atoms. The minimum absolute atomic E-state index is 0.0489. The zero-order valence-corrected chi connectivity index (χ0v) is 11.7. The SMILES string of the molecule is CNc1cc(C(=O)N2CCC(C)C(OC)C2)ccn1. The summed E-state index contributed by atoms with van der Waals surface area (Å²) in [6, 6.07) is 3.53. The molecule has 0 aliphatic carbocycles. The molecule has 5 heteroatoms. The summed E-state index contributed by atoms with van der Waals surface area (Å²) in [5.41, 5.74) is 0.670. The van der Waals surface area contributed by atoms with Crippen LogP contribution in [0.15, 0.2) is 18.3 Å². The van der Waals surface area contributed by atoms with E-state index in [1.165, 1.54) is 0 Å². The highest BCUT2D eigenvalue weighted by Crippen LogP contribution is 2.21. The number of pyridine rings is 1. The molecule has 19 heavy (non-hydrogen) atoms. The summed E-state index contributed by atoms with van der Waals surface area (Å²) in [5.74, 6) is 1.26. The van der Waals surface area contributed by atoms with Gasteiger partial charge >= 0.3 is 0 Å². The van der Waals surface area contributed by atoms with Gasteiger partial charge in [0, 0.05) is 39.0 Å². The molecule has 0 saturated carbocycles. The predicted octanol–water partition coefficient (Wildman–Crippen LogP) is 1.62. The van der Waals surface area contributed by atoms with Gasteiger partial charge in [-0.2, -0.15) is 0 Å². The molecule has 2 atom stereocenters. The molecule has 0 aromatic carbocycles. The molecule has 104 valence electrons. The number of carbonyl (C=O) groups excluding carboxylic acids is 1. The van der Waals surface area contributed by atoms with Gasteiger partial charge in [-0.3, -0.25) is 4.79 Å². The molecule has 0 radical (unpaired) electrons. The molecular weight excluding hydrogens is 242 g/mol. The lowest BCUT2D eigenvalue weighted by atomic mass is 9.95. The zero-order valence-electron chi connectivity index (χ0n) is 11.7. The van der Waals surface area contributed by atoms with E-state index in [4.69, 9.17) is 4.74 Å². The van der Waals surface area contributed by atoms with Crippen LogP contribution in [0.25, 0.3) is 0 Å². The van der Waals surface area contributed by atoms with E-state index in [-0.39, 0.29) is 12.0 Å². The monoisotopic (exact) mass is 263 g/mol. The topological polar surface area (TPSA) is 54.5 Å². The fraction of sp³-hybridized carbons (Fsp3) is 0.571. The van der Waals surface area contributed by atoms with Crippen LogP contribution in [0.5, 0.6) is 0 Å². The van der Waals surface area contributed by atoms with Crippen LogP contribution in [-0.4, -0.2) is 49.1 Å². The summed E-state index contributed by atoms with van der Waals surface area (Å²) >= 11 is 0. The van der Waals surface area contributed by atoms with Gasteiger partial charge in [0.1, 0.15) is 5.82 Å². The van der Waals surface area contributed by atoms with Gasteiger partial charge in [0.05, 0.1) is 6.10 Å². The summed E-state index contributed by atoms with van der Waals surface area (Å²) < 4.78 is 5.45. The normalized spacial score (nSPS) is 23.2. The smallest absolute Gasteiger partial charge is 0.254 e. The maximum atomic E-state index is 12.5. The van der Waals surface area contributed by atoms with Crippen molar-refractivity contribution >= 4 is 11.7 Å². The van der Waals surface area contributed by atoms with Crippen LogP contribution >= 0.6 is 0 Å². The second kappa shape index (κ2) is 6.02. The van der Waals surface area contributed by atoms with Crippen LogP contribution in [0.3, 0.4) is 0 Å². The van der Waals surface area contributed by atoms with E-state index in [9.17, 15) is 4.79 Å². The van der Waals surface area contributed by atoms with Crippen LogP contribution in [0, 0.1) is 5.92 Å². The lowest BCUT2D eigenvalue weighted by Crippen LogP contribution is -2.46. The molecular formula is C14H21N3O2. The van der Waals surface area contributed by atoms with Crippen LogP contribution in [0.1, 0.15) is 23.7 Å². The highest BCUT2D eigenvalue weighted by Gasteiger charge is 2.29. The van der Waals surface area contributed by atoms with Crippen molar-refractivity contribution in [1.82, 2.24) is 9.88 Å². The van der Waals surface area contributed by atoms with Crippen molar-refractivity contribution < 1.29 is 9.53 Å². The summed E-state index contributed by atoms with van der Waals surface area (Å²) in [5, 5.41) is 2.95. The first-order valence-corrected chi connectivity index (χ1v) is 6.61. The Kier molecular flexibility index (Phi) is 4.37. The molecule has 1 aromatic rings. The number of amides is 1. The second-order valence-electron chi connectivity index (χ2n) is 4.97. The average molecular weight is 263 g/mol. The van der Waals surface area contributed by atoms with E-state index in [1.807, 2.05) is 4.90 Å². The Labute approximate surface area is 114 Å². The van der Waals surface area contributed by atoms with Crippen LogP contribution in [-0.2, 0) is 4.74 Å². The van der Waals surface area contributed by atoms with Crippen LogP contribution in [0.4, 0.5) is 5.82 Å². The fourth-order valence-corrected chi connectivity index (χ4v) is 2.41. The number of piperidine rings is 1. The number of nitrogens with one attached hydrogen (secondary N) is 1. The minimum atomic E-state index is 0.0489. The van der Waals surface area contributed by atoms with Gasteiger partial charge in [0.15, 0.2) is 0 Å². The Hall–Kier alpha value is -1.62. The maximum Gasteiger partial charge on any atom is 0.254 e. The number of hydrogen-bond acceptors (Lipinski definition) is 4. The van der Waals surface area contributed by atoms with Crippen molar-refractivity contribution in [3.05, 3.63) is 23.9 Å². The Bertz CT molecular complexity index is 450. The van der Waals surface area contributed by atoms with E-state index in [2.05, 4.69) is 17.2 Å². The molecule has 5 nitrogen and oxygen atoms in total. The average Bonchev–Trinajstić information content (AvgIpc) is 2.47. The Morgan fingerprint density at radius 1 is 1.58 bits per heavy atom. The first-order valence-electron chi connectivity index (χ1n) is 6.61. The number of ether oxygens (including phenoxy) is 1. The van der Waals surface area contributed by atoms with Crippen molar-refractivity contribution in [2.24, 2.45) is 5.92 Å². The number of hydrogen-bond donors (Lipinski definition) is 1. The van der Waals surface area contributed by atoms with Gasteiger partial charge in [0.2, 0.25) is 0 Å². The minimum Gasteiger partial charge on any atom is -0.379 e. The van der Waals surface area contributed by atoms with Crippen molar-refractivity contribution in [2.75, 3.05) is 32.6 Å². The number of rotatable bonds is 3. The number of carbonyl (C=O) groups is 1. The Balaban J connectivity index is 2.10. The van der Waals surface area contributed by atoms with Gasteiger partial charge in [-0.25, -0.2) is 4.98 Å². The number of likely N-dealkylation sites (tertiary alicyclic amines) is 1. The first-order chi connectivity index (χ1) is 9.15. The molecule has 1 aliphatic heterocycles. The summed E-state index contributed by atoms with van der Waals surface area (Å²) in [4.78, 5) is 18.4. The molecule has 2 heterocycles. The van der Waals surface area contributed by atoms with Crippen molar-refractivity contribution in [3.8, 4) is 0 Å². The standard InChI is InChI=1S/C14H21N3O2/c1-10-5-7-17(9-12(10)19-3)14(18)11-4-6-16-13(8-11)15-2/h4,6,8,10,12H,5,7,9H2,1-3H3,(H,15,16). The molecule has 0 bridgehead atoms. The van der Waals surface area contributed by atoms with Gasteiger partial charge in [-0.1, -0.05) is 6.92 Å². The lowest BCUT2D eigenvalue weighted by molar-refractivity contribution is -0.00156. The second-order valence-corrected chi connectivity index (χ2v) is 4.97. The van der Waals surface area contributed by atoms with E-state index in [0.29, 0.717) is 23.8 Å². The number of nitrogens with zero attached hydrogens (tertiary/aromatic N) is 2. The van der Waals surface area contributed by atoms with Crippen molar-refractivity contribution in [2.45, 2.75) is 19.4 Å². The highest BCUT2D eigenvalue weighted by atomic mass is 16.5. The Morgan fingerprint density at radius 3 is 3.05 bits per heavy atom. The summed E-state index contributed by atoms with van der Waals surface area (Å²) in [7, 11) is 3.50. The first kappa shape index (κ1) is 13.8.